The second kappa shape index (κ2) is 4.41. The molecule has 1 aliphatic carbocycles. The van der Waals surface area contributed by atoms with Crippen molar-refractivity contribution < 1.29 is 0 Å². The monoisotopic (exact) mass is 218 g/mol. The van der Waals surface area contributed by atoms with E-state index in [1.165, 1.54) is 12.8 Å². The second-order valence-corrected chi connectivity index (χ2v) is 5.98. The molecule has 2 rings (SSSR count). The maximum atomic E-state index is 3.40. The summed E-state index contributed by atoms with van der Waals surface area (Å²) in [4.78, 5) is 2.35. The van der Waals surface area contributed by atoms with E-state index in [0.29, 0.717) is 17.4 Å². The highest BCUT2D eigenvalue weighted by molar-refractivity contribution is 5.18. The fraction of sp³-hybridized carbons (Fsp3) is 0.714. The predicted octanol–water partition coefficient (Wildman–Crippen LogP) is 2.54. The summed E-state index contributed by atoms with van der Waals surface area (Å²) in [5, 5.41) is 3.20. The Morgan fingerprint density at radius 2 is 2.25 bits per heavy atom. The van der Waals surface area contributed by atoms with Crippen molar-refractivity contribution in [2.45, 2.75) is 46.1 Å². The molecule has 88 valence electrons. The summed E-state index contributed by atoms with van der Waals surface area (Å²) in [5.41, 5.74) is 0.416. The molecule has 1 heterocycles. The van der Waals surface area contributed by atoms with E-state index in [0.717, 1.165) is 13.1 Å². The van der Waals surface area contributed by atoms with E-state index >= 15 is 0 Å². The van der Waals surface area contributed by atoms with Crippen LogP contribution in [0.2, 0.25) is 0 Å². The normalized spacial score (nSPS) is 27.3. The molecule has 1 fully saturated rings. The Hall–Kier alpha value is -1.10. The van der Waals surface area contributed by atoms with Crippen molar-refractivity contribution in [1.82, 2.24) is 10.2 Å². The van der Waals surface area contributed by atoms with Gasteiger partial charge >= 0.3 is 0 Å². The van der Waals surface area contributed by atoms with Gasteiger partial charge in [-0.05, 0) is 18.3 Å². The molecule has 0 unspecified atom stereocenters. The molecule has 0 radical (unpaired) electrons. The third kappa shape index (κ3) is 3.20. The average molecular weight is 218 g/mol. The number of rotatable bonds is 2. The Labute approximate surface area is 99.1 Å². The van der Waals surface area contributed by atoms with Crippen molar-refractivity contribution in [2.24, 2.45) is 11.3 Å². The fourth-order valence-corrected chi connectivity index (χ4v) is 1.93. The summed E-state index contributed by atoms with van der Waals surface area (Å²) >= 11 is 0. The second-order valence-electron chi connectivity index (χ2n) is 5.98. The summed E-state index contributed by atoms with van der Waals surface area (Å²) < 4.78 is 0. The number of nitrogens with zero attached hydrogens (tertiary/aromatic N) is 1. The molecule has 1 aliphatic heterocycles. The lowest BCUT2D eigenvalue weighted by Gasteiger charge is -2.15. The lowest BCUT2D eigenvalue weighted by atomic mass is 9.91. The zero-order valence-electron chi connectivity index (χ0n) is 10.6. The van der Waals surface area contributed by atoms with Crippen molar-refractivity contribution >= 4 is 0 Å². The summed E-state index contributed by atoms with van der Waals surface area (Å²) in [7, 11) is 0. The molecule has 0 aromatic rings. The van der Waals surface area contributed by atoms with Crippen LogP contribution in [-0.4, -0.2) is 17.6 Å². The Morgan fingerprint density at radius 1 is 1.44 bits per heavy atom. The zero-order valence-corrected chi connectivity index (χ0v) is 10.6. The first-order valence-corrected chi connectivity index (χ1v) is 6.20. The molecular formula is C14H22N2. The maximum Gasteiger partial charge on any atom is 0.0870 e. The summed E-state index contributed by atoms with van der Waals surface area (Å²) in [6.45, 7) is 7.78. The van der Waals surface area contributed by atoms with E-state index in [4.69, 9.17) is 0 Å². The molecule has 2 aliphatic rings. The van der Waals surface area contributed by atoms with E-state index in [1.54, 1.807) is 0 Å². The van der Waals surface area contributed by atoms with Crippen LogP contribution in [0.1, 0.15) is 40.0 Å². The van der Waals surface area contributed by atoms with Gasteiger partial charge in [0.1, 0.15) is 0 Å². The molecule has 1 N–H and O–H groups in total. The molecule has 0 aromatic heterocycles. The molecule has 0 amide bonds. The van der Waals surface area contributed by atoms with Gasteiger partial charge in [-0.15, -0.1) is 5.92 Å². The molecule has 0 saturated heterocycles. The van der Waals surface area contributed by atoms with Crippen LogP contribution in [0.3, 0.4) is 0 Å². The summed E-state index contributed by atoms with van der Waals surface area (Å²) in [6.07, 6.45) is 7.64. The van der Waals surface area contributed by atoms with Crippen LogP contribution in [0.5, 0.6) is 0 Å². The van der Waals surface area contributed by atoms with Crippen LogP contribution >= 0.6 is 0 Å². The first-order chi connectivity index (χ1) is 7.56. The van der Waals surface area contributed by atoms with Crippen molar-refractivity contribution in [2.75, 3.05) is 6.67 Å². The van der Waals surface area contributed by atoms with Crippen molar-refractivity contribution in [1.29, 1.82) is 0 Å². The lowest BCUT2D eigenvalue weighted by molar-refractivity contribution is 0.373. The lowest BCUT2D eigenvalue weighted by Crippen LogP contribution is -2.23. The minimum Gasteiger partial charge on any atom is -0.373 e. The fourth-order valence-electron chi connectivity index (χ4n) is 1.93. The smallest absolute Gasteiger partial charge is 0.0870 e. The maximum absolute atomic E-state index is 3.40. The van der Waals surface area contributed by atoms with Crippen LogP contribution < -0.4 is 5.32 Å². The van der Waals surface area contributed by atoms with Gasteiger partial charge in [-0.25, -0.2) is 0 Å². The standard InChI is InChI=1S/C14H22N2/c1-14(2,3)7-5-4-6-12-10-13(12)16-9-8-15-11-16/h8-9,12-13,15H,5,7,10-11H2,1-3H3/t12-,13+/m0/s1. The van der Waals surface area contributed by atoms with Crippen LogP contribution in [-0.2, 0) is 0 Å². The van der Waals surface area contributed by atoms with Gasteiger partial charge < -0.3 is 10.2 Å². The van der Waals surface area contributed by atoms with Crippen LogP contribution in [0.15, 0.2) is 12.4 Å². The van der Waals surface area contributed by atoms with Crippen LogP contribution in [0, 0.1) is 23.2 Å². The highest BCUT2D eigenvalue weighted by Gasteiger charge is 2.40. The van der Waals surface area contributed by atoms with Gasteiger partial charge in [-0.2, -0.15) is 0 Å². The third-order valence-electron chi connectivity index (χ3n) is 3.13. The molecule has 2 heteroatoms. The van der Waals surface area contributed by atoms with Gasteiger partial charge in [0.15, 0.2) is 0 Å². The summed E-state index contributed by atoms with van der Waals surface area (Å²) in [6, 6.07) is 0.674. The Balaban J connectivity index is 1.68. The van der Waals surface area contributed by atoms with E-state index in [2.05, 4.69) is 49.0 Å². The highest BCUT2D eigenvalue weighted by Crippen LogP contribution is 2.35. The van der Waals surface area contributed by atoms with Crippen molar-refractivity contribution in [3.05, 3.63) is 12.4 Å². The molecule has 2 atom stereocenters. The van der Waals surface area contributed by atoms with Gasteiger partial charge in [0, 0.05) is 30.8 Å². The molecule has 16 heavy (non-hydrogen) atoms. The minimum absolute atomic E-state index is 0.416. The predicted molar refractivity (Wildman–Crippen MR) is 67.3 cm³/mol. The summed E-state index contributed by atoms with van der Waals surface area (Å²) in [5.74, 6) is 7.35. The van der Waals surface area contributed by atoms with Gasteiger partial charge in [-0.1, -0.05) is 26.7 Å². The number of hydrogen-bond acceptors (Lipinski definition) is 2. The van der Waals surface area contributed by atoms with Gasteiger partial charge in [0.25, 0.3) is 0 Å². The van der Waals surface area contributed by atoms with Crippen LogP contribution in [0.4, 0.5) is 0 Å². The molecule has 0 bridgehead atoms. The molecule has 1 saturated carbocycles. The van der Waals surface area contributed by atoms with Crippen molar-refractivity contribution in [3.8, 4) is 11.8 Å². The van der Waals surface area contributed by atoms with Crippen LogP contribution in [0.25, 0.3) is 0 Å². The van der Waals surface area contributed by atoms with Gasteiger partial charge in [0.2, 0.25) is 0 Å². The van der Waals surface area contributed by atoms with Crippen molar-refractivity contribution in [3.63, 3.8) is 0 Å². The van der Waals surface area contributed by atoms with Gasteiger partial charge in [0.05, 0.1) is 6.67 Å². The number of nitrogens with one attached hydrogen (secondary N) is 1. The van der Waals surface area contributed by atoms with E-state index in [9.17, 15) is 0 Å². The topological polar surface area (TPSA) is 15.3 Å². The van der Waals surface area contributed by atoms with E-state index in [1.807, 2.05) is 6.20 Å². The Bertz CT molecular complexity index is 327. The molecule has 0 aromatic carbocycles. The molecular weight excluding hydrogens is 196 g/mol. The zero-order chi connectivity index (χ0) is 11.6. The first kappa shape index (κ1) is 11.4. The quantitative estimate of drug-likeness (QED) is 0.717. The van der Waals surface area contributed by atoms with Gasteiger partial charge in [-0.3, -0.25) is 0 Å². The SMILES string of the molecule is CC(C)(C)CCC#C[C@H]1C[C@H]1N1C=CNC1. The molecule has 0 spiro atoms. The van der Waals surface area contributed by atoms with E-state index < -0.39 is 0 Å². The average Bonchev–Trinajstić information content (AvgIpc) is 2.75. The Morgan fingerprint density at radius 3 is 2.88 bits per heavy atom. The van der Waals surface area contributed by atoms with E-state index in [-0.39, 0.29) is 0 Å². The largest absolute Gasteiger partial charge is 0.373 e. The molecule has 2 nitrogen and oxygen atoms in total. The minimum atomic E-state index is 0.416. The third-order valence-corrected chi connectivity index (χ3v) is 3.13. The highest BCUT2D eigenvalue weighted by atomic mass is 15.3. The number of hydrogen-bond donors (Lipinski definition) is 1. The Kier molecular flexibility index (Phi) is 3.14. The first-order valence-electron chi connectivity index (χ1n) is 6.20.